The number of hydrogen-bond acceptors (Lipinski definition) is 4. The molecular weight excluding hydrogens is 224 g/mol. The standard InChI is InChI=1S/C11H16N2O2S/c1-7(14)8(2)16-10-5-3-9(4-6-10)11(12)13-15/h3-8,14-15H,1-2H3,(H2,12,13). The lowest BCUT2D eigenvalue weighted by Crippen LogP contribution is -2.15. The molecule has 0 aliphatic carbocycles. The number of nitrogens with zero attached hydrogens (tertiary/aromatic N) is 1. The summed E-state index contributed by atoms with van der Waals surface area (Å²) in [5.41, 5.74) is 6.12. The molecule has 0 spiro atoms. The van der Waals surface area contributed by atoms with Crippen molar-refractivity contribution < 1.29 is 10.3 Å². The van der Waals surface area contributed by atoms with Gasteiger partial charge in [-0.15, -0.1) is 11.8 Å². The predicted molar refractivity (Wildman–Crippen MR) is 66.0 cm³/mol. The van der Waals surface area contributed by atoms with Crippen molar-refractivity contribution in [3.05, 3.63) is 29.8 Å². The van der Waals surface area contributed by atoms with Gasteiger partial charge in [0.1, 0.15) is 0 Å². The number of thioether (sulfide) groups is 1. The first-order valence-electron chi connectivity index (χ1n) is 4.97. The normalized spacial score (nSPS) is 15.8. The van der Waals surface area contributed by atoms with Crippen molar-refractivity contribution in [1.82, 2.24) is 0 Å². The molecule has 0 saturated carbocycles. The molecule has 0 heterocycles. The molecule has 0 radical (unpaired) electrons. The van der Waals surface area contributed by atoms with Crippen LogP contribution < -0.4 is 5.73 Å². The Morgan fingerprint density at radius 1 is 1.31 bits per heavy atom. The third kappa shape index (κ3) is 3.43. The Kier molecular flexibility index (Phi) is 4.64. The fraction of sp³-hybridized carbons (Fsp3) is 0.364. The third-order valence-corrected chi connectivity index (χ3v) is 3.57. The van der Waals surface area contributed by atoms with E-state index in [0.29, 0.717) is 5.56 Å². The van der Waals surface area contributed by atoms with E-state index in [0.717, 1.165) is 4.90 Å². The Morgan fingerprint density at radius 3 is 2.31 bits per heavy atom. The van der Waals surface area contributed by atoms with E-state index in [1.807, 2.05) is 19.1 Å². The fourth-order valence-corrected chi connectivity index (χ4v) is 1.99. The molecular formula is C11H16N2O2S. The Morgan fingerprint density at radius 2 is 1.88 bits per heavy atom. The van der Waals surface area contributed by atoms with E-state index in [9.17, 15) is 5.11 Å². The fourth-order valence-electron chi connectivity index (χ4n) is 1.08. The largest absolute Gasteiger partial charge is 0.409 e. The number of hydrogen-bond donors (Lipinski definition) is 3. The number of rotatable bonds is 4. The molecule has 1 aromatic rings. The van der Waals surface area contributed by atoms with Crippen molar-refractivity contribution in [3.63, 3.8) is 0 Å². The Bertz CT molecular complexity index is 363. The van der Waals surface area contributed by atoms with Gasteiger partial charge in [-0.3, -0.25) is 0 Å². The SMILES string of the molecule is CC(O)C(C)Sc1ccc(/C(N)=N/O)cc1. The van der Waals surface area contributed by atoms with Gasteiger partial charge in [-0.1, -0.05) is 24.2 Å². The van der Waals surface area contributed by atoms with Gasteiger partial charge >= 0.3 is 0 Å². The zero-order valence-corrected chi connectivity index (χ0v) is 10.1. The van der Waals surface area contributed by atoms with Gasteiger partial charge in [-0.2, -0.15) is 0 Å². The smallest absolute Gasteiger partial charge is 0.170 e. The first kappa shape index (κ1) is 12.9. The molecule has 0 aliphatic heterocycles. The molecule has 0 aromatic heterocycles. The molecule has 2 atom stereocenters. The van der Waals surface area contributed by atoms with Crippen LogP contribution in [0.3, 0.4) is 0 Å². The van der Waals surface area contributed by atoms with E-state index in [1.165, 1.54) is 0 Å². The Labute approximate surface area is 99.2 Å². The molecule has 88 valence electrons. The molecule has 0 amide bonds. The van der Waals surface area contributed by atoms with Gasteiger partial charge in [0.2, 0.25) is 0 Å². The molecule has 16 heavy (non-hydrogen) atoms. The second kappa shape index (κ2) is 5.77. The van der Waals surface area contributed by atoms with E-state index >= 15 is 0 Å². The zero-order chi connectivity index (χ0) is 12.1. The highest BCUT2D eigenvalue weighted by Gasteiger charge is 2.10. The molecule has 1 aromatic carbocycles. The predicted octanol–water partition coefficient (Wildman–Crippen LogP) is 1.64. The number of aliphatic hydroxyl groups is 1. The van der Waals surface area contributed by atoms with Gasteiger partial charge in [0.05, 0.1) is 6.10 Å². The molecule has 0 saturated heterocycles. The van der Waals surface area contributed by atoms with E-state index in [4.69, 9.17) is 10.9 Å². The second-order valence-electron chi connectivity index (χ2n) is 3.57. The topological polar surface area (TPSA) is 78.8 Å². The maximum absolute atomic E-state index is 9.37. The molecule has 5 heteroatoms. The molecule has 0 aliphatic rings. The number of oxime groups is 1. The van der Waals surface area contributed by atoms with Gasteiger partial charge in [0.25, 0.3) is 0 Å². The lowest BCUT2D eigenvalue weighted by atomic mass is 10.2. The quantitative estimate of drug-likeness (QED) is 0.246. The van der Waals surface area contributed by atoms with Crippen LogP contribution in [0.2, 0.25) is 0 Å². The number of benzene rings is 1. The van der Waals surface area contributed by atoms with Gasteiger partial charge < -0.3 is 16.0 Å². The van der Waals surface area contributed by atoms with Crippen LogP contribution in [0.15, 0.2) is 34.3 Å². The highest BCUT2D eigenvalue weighted by molar-refractivity contribution is 8.00. The molecule has 0 bridgehead atoms. The summed E-state index contributed by atoms with van der Waals surface area (Å²) in [5.74, 6) is 0.0973. The Balaban J connectivity index is 2.72. The lowest BCUT2D eigenvalue weighted by Gasteiger charge is -2.13. The van der Waals surface area contributed by atoms with Crippen molar-refractivity contribution in [2.24, 2.45) is 10.9 Å². The summed E-state index contributed by atoms with van der Waals surface area (Å²) in [7, 11) is 0. The van der Waals surface area contributed by atoms with E-state index < -0.39 is 0 Å². The maximum atomic E-state index is 9.37. The van der Waals surface area contributed by atoms with E-state index in [-0.39, 0.29) is 17.2 Å². The number of aliphatic hydroxyl groups excluding tert-OH is 1. The summed E-state index contributed by atoms with van der Waals surface area (Å²) in [6, 6.07) is 7.34. The maximum Gasteiger partial charge on any atom is 0.170 e. The highest BCUT2D eigenvalue weighted by atomic mass is 32.2. The van der Waals surface area contributed by atoms with Crippen molar-refractivity contribution >= 4 is 17.6 Å². The van der Waals surface area contributed by atoms with E-state index in [2.05, 4.69) is 5.16 Å². The van der Waals surface area contributed by atoms with Crippen LogP contribution in [0, 0.1) is 0 Å². The second-order valence-corrected chi connectivity index (χ2v) is 5.02. The van der Waals surface area contributed by atoms with Crippen LogP contribution in [0.5, 0.6) is 0 Å². The minimum Gasteiger partial charge on any atom is -0.409 e. The summed E-state index contributed by atoms with van der Waals surface area (Å²) in [5, 5.41) is 20.9. The Hall–Kier alpha value is -1.20. The van der Waals surface area contributed by atoms with Crippen molar-refractivity contribution in [2.75, 3.05) is 0 Å². The summed E-state index contributed by atoms with van der Waals surface area (Å²) >= 11 is 1.59. The first-order valence-corrected chi connectivity index (χ1v) is 5.85. The van der Waals surface area contributed by atoms with E-state index in [1.54, 1.807) is 30.8 Å². The summed E-state index contributed by atoms with van der Waals surface area (Å²) < 4.78 is 0. The van der Waals surface area contributed by atoms with Gasteiger partial charge in [0, 0.05) is 15.7 Å². The van der Waals surface area contributed by atoms with Crippen molar-refractivity contribution in [3.8, 4) is 0 Å². The third-order valence-electron chi connectivity index (χ3n) is 2.26. The molecule has 0 fully saturated rings. The van der Waals surface area contributed by atoms with Crippen LogP contribution in [0.4, 0.5) is 0 Å². The molecule has 4 N–H and O–H groups in total. The van der Waals surface area contributed by atoms with Gasteiger partial charge in [0.15, 0.2) is 5.84 Å². The van der Waals surface area contributed by atoms with Crippen LogP contribution in [0.25, 0.3) is 0 Å². The van der Waals surface area contributed by atoms with Crippen molar-refractivity contribution in [2.45, 2.75) is 30.1 Å². The summed E-state index contributed by atoms with van der Waals surface area (Å²) in [6.45, 7) is 3.73. The first-order chi connectivity index (χ1) is 7.54. The average Bonchev–Trinajstić information content (AvgIpc) is 2.28. The monoisotopic (exact) mass is 240 g/mol. The zero-order valence-electron chi connectivity index (χ0n) is 9.29. The summed E-state index contributed by atoms with van der Waals surface area (Å²) in [6.07, 6.45) is -0.353. The molecule has 1 rings (SSSR count). The van der Waals surface area contributed by atoms with Gasteiger partial charge in [-0.05, 0) is 19.1 Å². The number of amidine groups is 1. The van der Waals surface area contributed by atoms with Crippen LogP contribution >= 0.6 is 11.8 Å². The highest BCUT2D eigenvalue weighted by Crippen LogP contribution is 2.25. The minimum atomic E-state index is -0.353. The average molecular weight is 240 g/mol. The van der Waals surface area contributed by atoms with Crippen LogP contribution in [-0.4, -0.2) is 27.5 Å². The summed E-state index contributed by atoms with van der Waals surface area (Å²) in [4.78, 5) is 1.04. The lowest BCUT2D eigenvalue weighted by molar-refractivity contribution is 0.196. The minimum absolute atomic E-state index is 0.0973. The van der Waals surface area contributed by atoms with Crippen LogP contribution in [-0.2, 0) is 0 Å². The van der Waals surface area contributed by atoms with Crippen molar-refractivity contribution in [1.29, 1.82) is 0 Å². The molecule has 4 nitrogen and oxygen atoms in total. The van der Waals surface area contributed by atoms with Gasteiger partial charge in [-0.25, -0.2) is 0 Å². The van der Waals surface area contributed by atoms with Crippen LogP contribution in [0.1, 0.15) is 19.4 Å². The number of nitrogens with two attached hydrogens (primary N) is 1. The molecule has 2 unspecified atom stereocenters.